The summed E-state index contributed by atoms with van der Waals surface area (Å²) >= 11 is 6.05. The highest BCUT2D eigenvalue weighted by Gasteiger charge is 2.15. The normalized spacial score (nSPS) is 11.3. The molecule has 0 saturated carbocycles. The topological polar surface area (TPSA) is 101 Å². The van der Waals surface area contributed by atoms with Crippen molar-refractivity contribution in [3.05, 3.63) is 28.9 Å². The zero-order chi connectivity index (χ0) is 17.5. The number of pyridine rings is 1. The summed E-state index contributed by atoms with van der Waals surface area (Å²) in [5, 5.41) is 14.5. The first-order valence-electron chi connectivity index (χ1n) is 6.94. The van der Waals surface area contributed by atoms with Crippen LogP contribution in [0.25, 0.3) is 6.08 Å². The van der Waals surface area contributed by atoms with E-state index in [4.69, 9.17) is 21.4 Å². The third kappa shape index (κ3) is 8.06. The number of amides is 1. The number of ether oxygens (including phenoxy) is 1. The molecule has 1 heterocycles. The van der Waals surface area contributed by atoms with Crippen LogP contribution in [-0.2, 0) is 9.53 Å². The first-order valence-corrected chi connectivity index (χ1v) is 7.32. The maximum atomic E-state index is 11.5. The number of alkyl carbamates (subject to hydrolysis) is 1. The molecule has 0 saturated heterocycles. The van der Waals surface area contributed by atoms with Crippen LogP contribution in [0.1, 0.15) is 26.3 Å². The van der Waals surface area contributed by atoms with Gasteiger partial charge in [-0.05, 0) is 38.5 Å². The molecule has 1 amide bonds. The SMILES string of the molecule is CC(C)(C)OC(=O)NCCNc1ncc(/C=C/C(=O)O)cc1Cl. The molecule has 0 aliphatic rings. The van der Waals surface area contributed by atoms with E-state index in [0.717, 1.165) is 6.08 Å². The van der Waals surface area contributed by atoms with Gasteiger partial charge in [-0.1, -0.05) is 11.6 Å². The number of hydrogen-bond acceptors (Lipinski definition) is 5. The average molecular weight is 342 g/mol. The van der Waals surface area contributed by atoms with Crippen LogP contribution >= 0.6 is 11.6 Å². The van der Waals surface area contributed by atoms with Crippen LogP contribution in [0.15, 0.2) is 18.3 Å². The number of carbonyl (C=O) groups is 2. The third-order valence-corrected chi connectivity index (χ3v) is 2.65. The molecule has 0 aliphatic heterocycles. The van der Waals surface area contributed by atoms with Crippen molar-refractivity contribution >= 4 is 35.6 Å². The Balaban J connectivity index is 2.44. The minimum absolute atomic E-state index is 0.341. The maximum Gasteiger partial charge on any atom is 0.407 e. The number of hydrogen-bond donors (Lipinski definition) is 3. The van der Waals surface area contributed by atoms with E-state index in [-0.39, 0.29) is 0 Å². The Morgan fingerprint density at radius 2 is 2.09 bits per heavy atom. The van der Waals surface area contributed by atoms with Crippen molar-refractivity contribution < 1.29 is 19.4 Å². The molecule has 126 valence electrons. The summed E-state index contributed by atoms with van der Waals surface area (Å²) in [6.45, 7) is 6.11. The van der Waals surface area contributed by atoms with Crippen molar-refractivity contribution in [1.82, 2.24) is 10.3 Å². The molecule has 23 heavy (non-hydrogen) atoms. The summed E-state index contributed by atoms with van der Waals surface area (Å²) < 4.78 is 5.10. The number of aromatic nitrogens is 1. The van der Waals surface area contributed by atoms with Crippen molar-refractivity contribution in [2.45, 2.75) is 26.4 Å². The summed E-state index contributed by atoms with van der Waals surface area (Å²) in [6, 6.07) is 1.59. The van der Waals surface area contributed by atoms with Gasteiger partial charge < -0.3 is 20.5 Å². The smallest absolute Gasteiger partial charge is 0.407 e. The molecule has 0 fully saturated rings. The number of carboxylic acids is 1. The second-order valence-electron chi connectivity index (χ2n) is 5.63. The number of rotatable bonds is 6. The van der Waals surface area contributed by atoms with Crippen molar-refractivity contribution in [2.24, 2.45) is 0 Å². The van der Waals surface area contributed by atoms with Crippen LogP contribution in [0.2, 0.25) is 5.02 Å². The van der Waals surface area contributed by atoms with Crippen LogP contribution in [-0.4, -0.2) is 40.8 Å². The fourth-order valence-corrected chi connectivity index (χ4v) is 1.74. The van der Waals surface area contributed by atoms with Gasteiger partial charge in [0.25, 0.3) is 0 Å². The van der Waals surface area contributed by atoms with Crippen LogP contribution < -0.4 is 10.6 Å². The van der Waals surface area contributed by atoms with Gasteiger partial charge in [0, 0.05) is 25.4 Å². The monoisotopic (exact) mass is 341 g/mol. The molecule has 0 aliphatic carbocycles. The second kappa shape index (κ2) is 8.38. The van der Waals surface area contributed by atoms with Crippen molar-refractivity contribution in [1.29, 1.82) is 0 Å². The van der Waals surface area contributed by atoms with Crippen LogP contribution in [0, 0.1) is 0 Å². The lowest BCUT2D eigenvalue weighted by Crippen LogP contribution is -2.35. The minimum atomic E-state index is -1.04. The Kier molecular flexibility index (Phi) is 6.84. The first kappa shape index (κ1) is 18.8. The summed E-state index contributed by atoms with van der Waals surface area (Å²) in [7, 11) is 0. The van der Waals surface area contributed by atoms with E-state index in [1.165, 1.54) is 12.3 Å². The van der Waals surface area contributed by atoms with Gasteiger partial charge in [-0.15, -0.1) is 0 Å². The molecule has 0 unspecified atom stereocenters. The first-order chi connectivity index (χ1) is 10.7. The van der Waals surface area contributed by atoms with E-state index in [1.54, 1.807) is 26.8 Å². The molecule has 0 radical (unpaired) electrons. The van der Waals surface area contributed by atoms with Gasteiger partial charge in [0.2, 0.25) is 0 Å². The van der Waals surface area contributed by atoms with E-state index in [9.17, 15) is 9.59 Å². The highest BCUT2D eigenvalue weighted by molar-refractivity contribution is 6.33. The molecule has 1 rings (SSSR count). The van der Waals surface area contributed by atoms with E-state index < -0.39 is 17.7 Å². The number of nitrogens with one attached hydrogen (secondary N) is 2. The van der Waals surface area contributed by atoms with Gasteiger partial charge in [0.15, 0.2) is 0 Å². The molecule has 3 N–H and O–H groups in total. The Morgan fingerprint density at radius 3 is 2.65 bits per heavy atom. The van der Waals surface area contributed by atoms with Crippen molar-refractivity contribution in [3.63, 3.8) is 0 Å². The largest absolute Gasteiger partial charge is 0.478 e. The zero-order valence-electron chi connectivity index (χ0n) is 13.2. The Bertz CT molecular complexity index is 597. The van der Waals surface area contributed by atoms with Gasteiger partial charge >= 0.3 is 12.1 Å². The average Bonchev–Trinajstić information content (AvgIpc) is 2.41. The van der Waals surface area contributed by atoms with Gasteiger partial charge in [-0.2, -0.15) is 0 Å². The predicted octanol–water partition coefficient (Wildman–Crippen LogP) is 2.77. The third-order valence-electron chi connectivity index (χ3n) is 2.37. The number of anilines is 1. The van der Waals surface area contributed by atoms with Crippen LogP contribution in [0.4, 0.5) is 10.6 Å². The Hall–Kier alpha value is -2.28. The number of nitrogens with zero attached hydrogens (tertiary/aromatic N) is 1. The van der Waals surface area contributed by atoms with E-state index in [2.05, 4.69) is 15.6 Å². The number of carboxylic acid groups (broad SMARTS) is 1. The molecule has 0 bridgehead atoms. The Labute approximate surface area is 139 Å². The van der Waals surface area contributed by atoms with E-state index in [0.29, 0.717) is 29.5 Å². The molecule has 7 nitrogen and oxygen atoms in total. The summed E-state index contributed by atoms with van der Waals surface area (Å²) in [6.07, 6.45) is 3.40. The van der Waals surface area contributed by atoms with Gasteiger partial charge in [0.05, 0.1) is 5.02 Å². The molecular weight excluding hydrogens is 322 g/mol. The number of halogens is 1. The lowest BCUT2D eigenvalue weighted by Gasteiger charge is -2.19. The highest BCUT2D eigenvalue weighted by Crippen LogP contribution is 2.20. The van der Waals surface area contributed by atoms with Crippen LogP contribution in [0.3, 0.4) is 0 Å². The van der Waals surface area contributed by atoms with Crippen molar-refractivity contribution in [3.8, 4) is 0 Å². The predicted molar refractivity (Wildman–Crippen MR) is 88.6 cm³/mol. The molecule has 8 heteroatoms. The lowest BCUT2D eigenvalue weighted by atomic mass is 10.2. The number of aliphatic carboxylic acids is 1. The fraction of sp³-hybridized carbons (Fsp3) is 0.400. The van der Waals surface area contributed by atoms with Gasteiger partial charge in [-0.3, -0.25) is 0 Å². The standard InChI is InChI=1S/C15H20ClN3O4/c1-15(2,3)23-14(22)18-7-6-17-13-11(16)8-10(9-19-13)4-5-12(20)21/h4-5,8-9H,6-7H2,1-3H3,(H,17,19)(H,18,22)(H,20,21)/b5-4+. The van der Waals surface area contributed by atoms with E-state index in [1.807, 2.05) is 0 Å². The summed E-state index contributed by atoms with van der Waals surface area (Å²) in [5.74, 6) is -0.596. The minimum Gasteiger partial charge on any atom is -0.478 e. The highest BCUT2D eigenvalue weighted by atomic mass is 35.5. The van der Waals surface area contributed by atoms with Gasteiger partial charge in [-0.25, -0.2) is 14.6 Å². The quantitative estimate of drug-likeness (QED) is 0.543. The molecular formula is C15H20ClN3O4. The zero-order valence-corrected chi connectivity index (χ0v) is 14.0. The van der Waals surface area contributed by atoms with Crippen LogP contribution in [0.5, 0.6) is 0 Å². The molecule has 1 aromatic rings. The van der Waals surface area contributed by atoms with Gasteiger partial charge in [0.1, 0.15) is 11.4 Å². The summed E-state index contributed by atoms with van der Waals surface area (Å²) in [4.78, 5) is 26.0. The summed E-state index contributed by atoms with van der Waals surface area (Å²) in [5.41, 5.74) is 0.0385. The number of carbonyl (C=O) groups excluding carboxylic acids is 1. The maximum absolute atomic E-state index is 11.5. The molecule has 1 aromatic heterocycles. The van der Waals surface area contributed by atoms with E-state index >= 15 is 0 Å². The molecule has 0 aromatic carbocycles. The Morgan fingerprint density at radius 1 is 1.39 bits per heavy atom. The molecule has 0 atom stereocenters. The fourth-order valence-electron chi connectivity index (χ4n) is 1.50. The second-order valence-corrected chi connectivity index (χ2v) is 6.03. The van der Waals surface area contributed by atoms with Crippen molar-refractivity contribution in [2.75, 3.05) is 18.4 Å². The lowest BCUT2D eigenvalue weighted by molar-refractivity contribution is -0.131. The molecule has 0 spiro atoms.